The number of aromatic nitrogens is 1. The SMILES string of the molecule is Cc1nc2cc(NC(=O)c3ccccc3NC(=O)c3ccsc3)ccc2o1. The standard InChI is InChI=1S/C20H15N3O3S/c1-12-21-17-10-14(6-7-18(17)26-12)22-20(25)15-4-2-3-5-16(15)23-19(24)13-8-9-27-11-13/h2-11H,1H3,(H,22,25)(H,23,24). The van der Waals surface area contributed by atoms with Crippen LogP contribution in [0.4, 0.5) is 11.4 Å². The maximum absolute atomic E-state index is 12.7. The lowest BCUT2D eigenvalue weighted by Gasteiger charge is -2.11. The largest absolute Gasteiger partial charge is 0.441 e. The second kappa shape index (κ2) is 7.05. The van der Waals surface area contributed by atoms with Crippen molar-refractivity contribution in [1.82, 2.24) is 4.98 Å². The van der Waals surface area contributed by atoms with E-state index in [-0.39, 0.29) is 11.8 Å². The average Bonchev–Trinajstić information content (AvgIpc) is 3.30. The minimum Gasteiger partial charge on any atom is -0.441 e. The third-order valence-corrected chi connectivity index (χ3v) is 4.64. The van der Waals surface area contributed by atoms with E-state index >= 15 is 0 Å². The highest BCUT2D eigenvalue weighted by Gasteiger charge is 2.15. The van der Waals surface area contributed by atoms with Gasteiger partial charge in [-0.25, -0.2) is 4.98 Å². The molecule has 0 bridgehead atoms. The molecule has 2 amide bonds. The van der Waals surface area contributed by atoms with Gasteiger partial charge in [0.25, 0.3) is 11.8 Å². The molecule has 2 aromatic carbocycles. The van der Waals surface area contributed by atoms with E-state index in [0.717, 1.165) is 0 Å². The first-order chi connectivity index (χ1) is 13.1. The molecule has 0 aliphatic rings. The fraction of sp³-hybridized carbons (Fsp3) is 0.0500. The van der Waals surface area contributed by atoms with Crippen LogP contribution in [-0.2, 0) is 0 Å². The van der Waals surface area contributed by atoms with Crippen LogP contribution in [0.3, 0.4) is 0 Å². The van der Waals surface area contributed by atoms with Crippen LogP contribution < -0.4 is 10.6 Å². The Morgan fingerprint density at radius 1 is 1.04 bits per heavy atom. The highest BCUT2D eigenvalue weighted by atomic mass is 32.1. The Hall–Kier alpha value is -3.45. The van der Waals surface area contributed by atoms with Gasteiger partial charge >= 0.3 is 0 Å². The van der Waals surface area contributed by atoms with Crippen molar-refractivity contribution in [2.24, 2.45) is 0 Å². The van der Waals surface area contributed by atoms with E-state index in [1.54, 1.807) is 60.8 Å². The molecule has 6 nitrogen and oxygen atoms in total. The summed E-state index contributed by atoms with van der Waals surface area (Å²) in [5.74, 6) is -0.0123. The van der Waals surface area contributed by atoms with Crippen LogP contribution in [0, 0.1) is 6.92 Å². The van der Waals surface area contributed by atoms with Crippen molar-refractivity contribution in [3.05, 3.63) is 76.3 Å². The van der Waals surface area contributed by atoms with Crippen molar-refractivity contribution >= 4 is 45.6 Å². The Morgan fingerprint density at radius 2 is 1.89 bits per heavy atom. The molecule has 0 radical (unpaired) electrons. The number of oxazole rings is 1. The maximum Gasteiger partial charge on any atom is 0.257 e. The van der Waals surface area contributed by atoms with E-state index in [1.807, 2.05) is 5.38 Å². The first kappa shape index (κ1) is 17.0. The van der Waals surface area contributed by atoms with Crippen molar-refractivity contribution in [3.8, 4) is 0 Å². The number of carbonyl (C=O) groups is 2. The number of anilines is 2. The minimum absolute atomic E-state index is 0.254. The molecule has 0 unspecified atom stereocenters. The topological polar surface area (TPSA) is 84.2 Å². The summed E-state index contributed by atoms with van der Waals surface area (Å²) < 4.78 is 5.44. The number of benzene rings is 2. The summed E-state index contributed by atoms with van der Waals surface area (Å²) in [5, 5.41) is 9.22. The number of thiophene rings is 1. The average molecular weight is 377 g/mol. The third-order valence-electron chi connectivity index (χ3n) is 3.96. The fourth-order valence-electron chi connectivity index (χ4n) is 2.70. The smallest absolute Gasteiger partial charge is 0.257 e. The van der Waals surface area contributed by atoms with Gasteiger partial charge in [-0.2, -0.15) is 11.3 Å². The number of amides is 2. The first-order valence-corrected chi connectivity index (χ1v) is 9.15. The van der Waals surface area contributed by atoms with E-state index < -0.39 is 0 Å². The van der Waals surface area contributed by atoms with E-state index in [4.69, 9.17) is 4.42 Å². The van der Waals surface area contributed by atoms with Crippen LogP contribution in [0.2, 0.25) is 0 Å². The number of fused-ring (bicyclic) bond motifs is 1. The summed E-state index contributed by atoms with van der Waals surface area (Å²) in [5.41, 5.74) is 3.31. The van der Waals surface area contributed by atoms with Gasteiger partial charge in [-0.1, -0.05) is 12.1 Å². The maximum atomic E-state index is 12.7. The van der Waals surface area contributed by atoms with Gasteiger partial charge in [-0.3, -0.25) is 9.59 Å². The zero-order chi connectivity index (χ0) is 18.8. The van der Waals surface area contributed by atoms with Crippen molar-refractivity contribution in [1.29, 1.82) is 0 Å². The van der Waals surface area contributed by atoms with E-state index in [0.29, 0.717) is 39.5 Å². The van der Waals surface area contributed by atoms with Crippen LogP contribution in [0.5, 0.6) is 0 Å². The predicted octanol–water partition coefficient (Wildman–Crippen LogP) is 4.70. The Kier molecular flexibility index (Phi) is 4.43. The summed E-state index contributed by atoms with van der Waals surface area (Å²) in [6.07, 6.45) is 0. The molecule has 27 heavy (non-hydrogen) atoms. The summed E-state index contributed by atoms with van der Waals surface area (Å²) in [6.45, 7) is 1.77. The molecule has 7 heteroatoms. The number of para-hydroxylation sites is 1. The molecule has 0 saturated heterocycles. The Bertz CT molecular complexity index is 1130. The van der Waals surface area contributed by atoms with Crippen molar-refractivity contribution in [3.63, 3.8) is 0 Å². The van der Waals surface area contributed by atoms with Crippen molar-refractivity contribution in [2.75, 3.05) is 10.6 Å². The zero-order valence-corrected chi connectivity index (χ0v) is 15.2. The van der Waals surface area contributed by atoms with Crippen LogP contribution in [0.1, 0.15) is 26.6 Å². The van der Waals surface area contributed by atoms with E-state index in [2.05, 4.69) is 15.6 Å². The lowest BCUT2D eigenvalue weighted by Crippen LogP contribution is -2.17. The third kappa shape index (κ3) is 3.58. The Labute approximate surface area is 158 Å². The first-order valence-electron chi connectivity index (χ1n) is 8.21. The van der Waals surface area contributed by atoms with Crippen LogP contribution >= 0.6 is 11.3 Å². The van der Waals surface area contributed by atoms with Gasteiger partial charge in [0.05, 0.1) is 16.8 Å². The molecule has 2 N–H and O–H groups in total. The Balaban J connectivity index is 1.56. The summed E-state index contributed by atoms with van der Waals surface area (Å²) in [6, 6.07) is 13.9. The molecule has 0 spiro atoms. The summed E-state index contributed by atoms with van der Waals surface area (Å²) in [4.78, 5) is 29.3. The lowest BCUT2D eigenvalue weighted by molar-refractivity contribution is 0.102. The number of aryl methyl sites for hydroxylation is 1. The second-order valence-corrected chi connectivity index (χ2v) is 6.66. The summed E-state index contributed by atoms with van der Waals surface area (Å²) in [7, 11) is 0. The lowest BCUT2D eigenvalue weighted by atomic mass is 10.1. The highest BCUT2D eigenvalue weighted by Crippen LogP contribution is 2.22. The number of nitrogens with zero attached hydrogens (tertiary/aromatic N) is 1. The highest BCUT2D eigenvalue weighted by molar-refractivity contribution is 7.08. The number of hydrogen-bond acceptors (Lipinski definition) is 5. The summed E-state index contributed by atoms with van der Waals surface area (Å²) >= 11 is 1.44. The number of carbonyl (C=O) groups excluding carboxylic acids is 2. The van der Waals surface area contributed by atoms with E-state index in [1.165, 1.54) is 11.3 Å². The van der Waals surface area contributed by atoms with Gasteiger partial charge in [-0.05, 0) is 41.8 Å². The minimum atomic E-state index is -0.323. The molecular formula is C20H15N3O3S. The van der Waals surface area contributed by atoms with E-state index in [9.17, 15) is 9.59 Å². The number of hydrogen-bond donors (Lipinski definition) is 2. The normalized spacial score (nSPS) is 10.7. The molecule has 4 rings (SSSR count). The van der Waals surface area contributed by atoms with Crippen LogP contribution in [-0.4, -0.2) is 16.8 Å². The second-order valence-electron chi connectivity index (χ2n) is 5.88. The fourth-order valence-corrected chi connectivity index (χ4v) is 3.33. The molecular weight excluding hydrogens is 362 g/mol. The molecule has 0 atom stereocenters. The van der Waals surface area contributed by atoms with Crippen molar-refractivity contribution in [2.45, 2.75) is 6.92 Å². The molecule has 0 aliphatic carbocycles. The molecule has 0 saturated carbocycles. The van der Waals surface area contributed by atoms with Gasteiger partial charge in [0.15, 0.2) is 11.5 Å². The molecule has 134 valence electrons. The van der Waals surface area contributed by atoms with Gasteiger partial charge in [0.2, 0.25) is 0 Å². The van der Waals surface area contributed by atoms with Gasteiger partial charge in [-0.15, -0.1) is 0 Å². The molecule has 0 aliphatic heterocycles. The Morgan fingerprint density at radius 3 is 2.70 bits per heavy atom. The number of nitrogens with one attached hydrogen (secondary N) is 2. The molecule has 2 heterocycles. The predicted molar refractivity (Wildman–Crippen MR) is 105 cm³/mol. The zero-order valence-electron chi connectivity index (χ0n) is 14.4. The number of rotatable bonds is 4. The van der Waals surface area contributed by atoms with Crippen LogP contribution in [0.25, 0.3) is 11.1 Å². The van der Waals surface area contributed by atoms with Gasteiger partial charge < -0.3 is 15.1 Å². The van der Waals surface area contributed by atoms with Gasteiger partial charge in [0, 0.05) is 18.0 Å². The quantitative estimate of drug-likeness (QED) is 0.540. The van der Waals surface area contributed by atoms with Crippen LogP contribution in [0.15, 0.2) is 63.7 Å². The molecule has 4 aromatic rings. The van der Waals surface area contributed by atoms with Gasteiger partial charge in [0.1, 0.15) is 5.52 Å². The molecule has 0 fully saturated rings. The molecule has 2 aromatic heterocycles. The monoisotopic (exact) mass is 377 g/mol. The van der Waals surface area contributed by atoms with Crippen molar-refractivity contribution < 1.29 is 14.0 Å².